The summed E-state index contributed by atoms with van der Waals surface area (Å²) in [4.78, 5) is 24.6. The number of carbonyl (C=O) groups is 2. The molecule has 0 spiro atoms. The van der Waals surface area contributed by atoms with Crippen LogP contribution in [0.2, 0.25) is 4.34 Å². The molecule has 1 amide bonds. The van der Waals surface area contributed by atoms with E-state index in [2.05, 4.69) is 14.9 Å². The Morgan fingerprint density at radius 2 is 2.12 bits per heavy atom. The van der Waals surface area contributed by atoms with Crippen molar-refractivity contribution >= 4 is 35.0 Å². The summed E-state index contributed by atoms with van der Waals surface area (Å²) in [5, 5.41) is 6.51. The summed E-state index contributed by atoms with van der Waals surface area (Å²) < 4.78 is 9.27. The Morgan fingerprint density at radius 1 is 1.38 bits per heavy atom. The minimum atomic E-state index is -0.761. The molecule has 0 fully saturated rings. The standard InChI is InChI=1S/C16H18ClN3O3S/c1-9(2)13(16(22)23-8-12-14(17)24-20-19-12)18-15(21)11-6-4-5-10(3)7-11/h4-7,9,13H,8H2,1-3H3,(H,18,21)/t13-/m0/s1. The maximum absolute atomic E-state index is 12.3. The van der Waals surface area contributed by atoms with Crippen LogP contribution < -0.4 is 5.32 Å². The lowest BCUT2D eigenvalue weighted by atomic mass is 10.0. The second-order valence-electron chi connectivity index (χ2n) is 5.67. The Labute approximate surface area is 149 Å². The number of aryl methyl sites for hydroxylation is 1. The summed E-state index contributed by atoms with van der Waals surface area (Å²) in [6.07, 6.45) is 0. The van der Waals surface area contributed by atoms with Crippen LogP contribution in [0, 0.1) is 12.8 Å². The lowest BCUT2D eigenvalue weighted by molar-refractivity contribution is -0.148. The largest absolute Gasteiger partial charge is 0.457 e. The van der Waals surface area contributed by atoms with Crippen LogP contribution in [0.3, 0.4) is 0 Å². The van der Waals surface area contributed by atoms with Crippen molar-refractivity contribution < 1.29 is 14.3 Å². The molecule has 128 valence electrons. The van der Waals surface area contributed by atoms with Gasteiger partial charge in [0, 0.05) is 17.1 Å². The van der Waals surface area contributed by atoms with Crippen molar-refractivity contribution in [2.45, 2.75) is 33.4 Å². The number of carbonyl (C=O) groups excluding carboxylic acids is 2. The minimum Gasteiger partial charge on any atom is -0.457 e. The van der Waals surface area contributed by atoms with Gasteiger partial charge in [-0.2, -0.15) is 0 Å². The highest BCUT2D eigenvalue weighted by Crippen LogP contribution is 2.18. The summed E-state index contributed by atoms with van der Waals surface area (Å²) in [6, 6.07) is 6.40. The van der Waals surface area contributed by atoms with E-state index in [1.54, 1.807) is 18.2 Å². The number of hydrogen-bond acceptors (Lipinski definition) is 6. The van der Waals surface area contributed by atoms with E-state index in [1.807, 2.05) is 26.8 Å². The maximum Gasteiger partial charge on any atom is 0.329 e. The van der Waals surface area contributed by atoms with Crippen molar-refractivity contribution in [2.24, 2.45) is 5.92 Å². The Balaban J connectivity index is 2.01. The molecule has 6 nitrogen and oxygen atoms in total. The van der Waals surface area contributed by atoms with Crippen molar-refractivity contribution in [3.63, 3.8) is 0 Å². The highest BCUT2D eigenvalue weighted by molar-refractivity contribution is 7.10. The number of nitrogens with one attached hydrogen (secondary N) is 1. The zero-order chi connectivity index (χ0) is 17.7. The van der Waals surface area contributed by atoms with E-state index in [0.717, 1.165) is 17.1 Å². The van der Waals surface area contributed by atoms with E-state index in [9.17, 15) is 9.59 Å². The topological polar surface area (TPSA) is 81.2 Å². The Hall–Kier alpha value is -1.99. The number of aromatic nitrogens is 2. The van der Waals surface area contributed by atoms with Gasteiger partial charge in [0.05, 0.1) is 0 Å². The van der Waals surface area contributed by atoms with Crippen LogP contribution in [0.4, 0.5) is 0 Å². The predicted octanol–water partition coefficient (Wildman–Crippen LogP) is 3.00. The van der Waals surface area contributed by atoms with Gasteiger partial charge in [-0.25, -0.2) is 4.79 Å². The summed E-state index contributed by atoms with van der Waals surface area (Å²) in [5.41, 5.74) is 1.87. The van der Waals surface area contributed by atoms with Crippen LogP contribution in [-0.2, 0) is 16.1 Å². The molecule has 1 aromatic heterocycles. The lowest BCUT2D eigenvalue weighted by Gasteiger charge is -2.20. The maximum atomic E-state index is 12.3. The van der Waals surface area contributed by atoms with E-state index in [0.29, 0.717) is 15.6 Å². The number of amides is 1. The fraction of sp³-hybridized carbons (Fsp3) is 0.375. The summed E-state index contributed by atoms with van der Waals surface area (Å²) in [6.45, 7) is 5.49. The molecule has 2 rings (SSSR count). The van der Waals surface area contributed by atoms with Gasteiger partial charge < -0.3 is 10.1 Å². The molecule has 0 aliphatic heterocycles. The smallest absolute Gasteiger partial charge is 0.329 e. The van der Waals surface area contributed by atoms with Gasteiger partial charge in [0.25, 0.3) is 5.91 Å². The first-order chi connectivity index (χ1) is 11.4. The zero-order valence-corrected chi connectivity index (χ0v) is 15.1. The third kappa shape index (κ3) is 4.75. The molecule has 0 aliphatic rings. The molecule has 0 aliphatic carbocycles. The summed E-state index contributed by atoms with van der Waals surface area (Å²) in [7, 11) is 0. The third-order valence-corrected chi connectivity index (χ3v) is 4.33. The highest BCUT2D eigenvalue weighted by atomic mass is 35.5. The van der Waals surface area contributed by atoms with Crippen LogP contribution in [0.15, 0.2) is 24.3 Å². The Morgan fingerprint density at radius 3 is 2.71 bits per heavy atom. The average molecular weight is 368 g/mol. The molecule has 0 bridgehead atoms. The minimum absolute atomic E-state index is 0.0717. The van der Waals surface area contributed by atoms with E-state index in [1.165, 1.54) is 0 Å². The second-order valence-corrected chi connectivity index (χ2v) is 7.02. The SMILES string of the molecule is Cc1cccc(C(=O)N[C@H](C(=O)OCc2nnsc2Cl)C(C)C)c1. The average Bonchev–Trinajstić information content (AvgIpc) is 2.95. The molecular weight excluding hydrogens is 350 g/mol. The summed E-state index contributed by atoms with van der Waals surface area (Å²) >= 11 is 6.90. The molecule has 8 heteroatoms. The second kappa shape index (κ2) is 8.21. The van der Waals surface area contributed by atoms with Gasteiger partial charge in [-0.3, -0.25) is 4.79 Å². The summed E-state index contributed by atoms with van der Waals surface area (Å²) in [5.74, 6) is -0.979. The molecule has 0 saturated heterocycles. The molecule has 0 unspecified atom stereocenters. The highest BCUT2D eigenvalue weighted by Gasteiger charge is 2.26. The monoisotopic (exact) mass is 367 g/mol. The number of esters is 1. The van der Waals surface area contributed by atoms with Crippen molar-refractivity contribution in [2.75, 3.05) is 0 Å². The fourth-order valence-corrected chi connectivity index (χ4v) is 2.62. The van der Waals surface area contributed by atoms with Gasteiger partial charge in [0.2, 0.25) is 0 Å². The Kier molecular flexibility index (Phi) is 6.28. The van der Waals surface area contributed by atoms with E-state index < -0.39 is 12.0 Å². The van der Waals surface area contributed by atoms with Gasteiger partial charge in [-0.15, -0.1) is 5.10 Å². The number of hydrogen-bond donors (Lipinski definition) is 1. The zero-order valence-electron chi connectivity index (χ0n) is 13.6. The van der Waals surface area contributed by atoms with Gasteiger partial charge >= 0.3 is 5.97 Å². The normalized spacial score (nSPS) is 12.0. The van der Waals surface area contributed by atoms with Gasteiger partial charge in [-0.1, -0.05) is 47.6 Å². The molecule has 1 N–H and O–H groups in total. The number of ether oxygens (including phenoxy) is 1. The molecule has 0 saturated carbocycles. The van der Waals surface area contributed by atoms with E-state index in [4.69, 9.17) is 16.3 Å². The van der Waals surface area contributed by atoms with Gasteiger partial charge in [-0.05, 0) is 25.0 Å². The fourth-order valence-electron chi connectivity index (χ4n) is 2.02. The molecule has 0 radical (unpaired) electrons. The lowest BCUT2D eigenvalue weighted by Crippen LogP contribution is -2.45. The van der Waals surface area contributed by atoms with Crippen molar-refractivity contribution in [1.29, 1.82) is 0 Å². The molecule has 1 heterocycles. The molecule has 2 aromatic rings. The number of rotatable bonds is 6. The van der Waals surface area contributed by atoms with Crippen molar-refractivity contribution in [3.05, 3.63) is 45.4 Å². The number of nitrogens with zero attached hydrogens (tertiary/aromatic N) is 2. The van der Waals surface area contributed by atoms with Crippen LogP contribution in [0.1, 0.15) is 35.5 Å². The number of benzene rings is 1. The molecule has 24 heavy (non-hydrogen) atoms. The first-order valence-corrected chi connectivity index (χ1v) is 8.54. The van der Waals surface area contributed by atoms with Gasteiger partial charge in [0.1, 0.15) is 22.7 Å². The van der Waals surface area contributed by atoms with Crippen LogP contribution in [0.25, 0.3) is 0 Å². The van der Waals surface area contributed by atoms with Crippen molar-refractivity contribution in [3.8, 4) is 0 Å². The predicted molar refractivity (Wildman–Crippen MR) is 92.0 cm³/mol. The first kappa shape index (κ1) is 18.4. The van der Waals surface area contributed by atoms with Crippen molar-refractivity contribution in [1.82, 2.24) is 14.9 Å². The first-order valence-electron chi connectivity index (χ1n) is 7.39. The number of halogens is 1. The molecule has 1 aromatic carbocycles. The molecular formula is C16H18ClN3O3S. The van der Waals surface area contributed by atoms with Gasteiger partial charge in [0.15, 0.2) is 0 Å². The van der Waals surface area contributed by atoms with E-state index >= 15 is 0 Å². The van der Waals surface area contributed by atoms with Crippen LogP contribution in [-0.4, -0.2) is 27.5 Å². The third-order valence-electron chi connectivity index (χ3n) is 3.35. The Bertz CT molecular complexity index is 733. The van der Waals surface area contributed by atoms with E-state index in [-0.39, 0.29) is 18.4 Å². The van der Waals surface area contributed by atoms with Crippen LogP contribution >= 0.6 is 23.1 Å². The quantitative estimate of drug-likeness (QED) is 0.794. The molecule has 1 atom stereocenters. The van der Waals surface area contributed by atoms with Crippen LogP contribution in [0.5, 0.6) is 0 Å².